The van der Waals surface area contributed by atoms with Crippen LogP contribution in [0.4, 0.5) is 13.2 Å². The van der Waals surface area contributed by atoms with Gasteiger partial charge >= 0.3 is 6.18 Å². The Morgan fingerprint density at radius 1 is 1.11 bits per heavy atom. The Morgan fingerprint density at radius 2 is 1.74 bits per heavy atom. The first-order chi connectivity index (χ1) is 12.6. The van der Waals surface area contributed by atoms with Crippen molar-refractivity contribution in [3.8, 4) is 5.69 Å². The number of hydrogen-bond acceptors (Lipinski definition) is 3. The minimum absolute atomic E-state index is 0.295. The third kappa shape index (κ3) is 3.27. The van der Waals surface area contributed by atoms with E-state index in [9.17, 15) is 21.6 Å². The molecule has 0 radical (unpaired) electrons. The zero-order valence-corrected chi connectivity index (χ0v) is 15.4. The van der Waals surface area contributed by atoms with Crippen LogP contribution >= 0.6 is 0 Å². The van der Waals surface area contributed by atoms with Gasteiger partial charge in [0.05, 0.1) is 10.4 Å². The van der Waals surface area contributed by atoms with E-state index in [-0.39, 0.29) is 0 Å². The number of halogens is 3. The molecule has 1 fully saturated rings. The van der Waals surface area contributed by atoms with Crippen molar-refractivity contribution in [1.82, 2.24) is 9.78 Å². The maximum atomic E-state index is 13.3. The second-order valence-electron chi connectivity index (χ2n) is 7.46. The molecule has 0 spiro atoms. The first kappa shape index (κ1) is 18.5. The monoisotopic (exact) mass is 399 g/mol. The van der Waals surface area contributed by atoms with Gasteiger partial charge in [0, 0.05) is 11.3 Å². The van der Waals surface area contributed by atoms with Crippen molar-refractivity contribution in [3.63, 3.8) is 0 Å². The molecule has 0 amide bonds. The fourth-order valence-corrected chi connectivity index (χ4v) is 4.91. The van der Waals surface area contributed by atoms with Crippen LogP contribution in [0.5, 0.6) is 0 Å². The maximum absolute atomic E-state index is 13.3. The minimum atomic E-state index is -4.47. The van der Waals surface area contributed by atoms with Crippen molar-refractivity contribution in [2.45, 2.75) is 55.9 Å². The standard InChI is InChI=1S/C18H20F3N3O2S/c19-18(20,21)16-14-3-1-2-4-15(14)24(23-16)13-7-5-12(6-8-13)11-17(9-10-17)27(22,25)26/h5-8H,1-4,9-11H2,(H2,22,25,26). The van der Waals surface area contributed by atoms with E-state index in [4.69, 9.17) is 5.14 Å². The third-order valence-corrected chi connectivity index (χ3v) is 7.33. The van der Waals surface area contributed by atoms with E-state index < -0.39 is 26.6 Å². The molecule has 4 rings (SSSR count). The molecule has 2 aliphatic rings. The van der Waals surface area contributed by atoms with Gasteiger partial charge in [0.15, 0.2) is 5.69 Å². The second kappa shape index (κ2) is 6.07. The number of hydrogen-bond donors (Lipinski definition) is 1. The molecule has 1 heterocycles. The van der Waals surface area contributed by atoms with Crippen molar-refractivity contribution >= 4 is 10.0 Å². The summed E-state index contributed by atoms with van der Waals surface area (Å²) in [7, 11) is -3.62. The number of benzene rings is 1. The summed E-state index contributed by atoms with van der Waals surface area (Å²) in [6.45, 7) is 0. The SMILES string of the molecule is NS(=O)(=O)C1(Cc2ccc(-n3nc(C(F)(F)F)c4c3CCCC4)cc2)CC1. The average molecular weight is 399 g/mol. The van der Waals surface area contributed by atoms with E-state index in [0.29, 0.717) is 49.0 Å². The molecule has 9 heteroatoms. The predicted octanol–water partition coefficient (Wildman–Crippen LogP) is 3.13. The zero-order chi connectivity index (χ0) is 19.4. The lowest BCUT2D eigenvalue weighted by molar-refractivity contribution is -0.142. The smallest absolute Gasteiger partial charge is 0.237 e. The number of primary sulfonamides is 1. The Balaban J connectivity index is 1.66. The molecule has 1 aromatic heterocycles. The molecular formula is C18H20F3N3O2S. The first-order valence-electron chi connectivity index (χ1n) is 8.90. The largest absolute Gasteiger partial charge is 0.435 e. The molecular weight excluding hydrogens is 379 g/mol. The van der Waals surface area contributed by atoms with E-state index in [0.717, 1.165) is 18.4 Å². The molecule has 2 aromatic rings. The molecule has 0 atom stereocenters. The molecule has 2 aliphatic carbocycles. The highest BCUT2D eigenvalue weighted by atomic mass is 32.2. The van der Waals surface area contributed by atoms with E-state index >= 15 is 0 Å². The number of fused-ring (bicyclic) bond motifs is 1. The van der Waals surface area contributed by atoms with Gasteiger partial charge in [0.1, 0.15) is 0 Å². The molecule has 0 unspecified atom stereocenters. The Labute approximate surface area is 155 Å². The summed E-state index contributed by atoms with van der Waals surface area (Å²) < 4.78 is 63.9. The first-order valence-corrected chi connectivity index (χ1v) is 10.4. The Hall–Kier alpha value is -1.87. The second-order valence-corrected chi connectivity index (χ2v) is 9.42. The van der Waals surface area contributed by atoms with Crippen molar-refractivity contribution in [3.05, 3.63) is 46.8 Å². The summed E-state index contributed by atoms with van der Waals surface area (Å²) in [5.41, 5.74) is 1.45. The lowest BCUT2D eigenvalue weighted by Gasteiger charge is -2.15. The number of nitrogens with zero attached hydrogens (tertiary/aromatic N) is 2. The molecule has 0 bridgehead atoms. The number of aromatic nitrogens is 2. The van der Waals surface area contributed by atoms with Crippen LogP contribution in [0.2, 0.25) is 0 Å². The van der Waals surface area contributed by atoms with E-state index in [1.54, 1.807) is 24.3 Å². The van der Waals surface area contributed by atoms with Gasteiger partial charge in [-0.25, -0.2) is 18.2 Å². The summed E-state index contributed by atoms with van der Waals surface area (Å²) in [5.74, 6) is 0. The van der Waals surface area contributed by atoms with Crippen molar-refractivity contribution < 1.29 is 21.6 Å². The van der Waals surface area contributed by atoms with Crippen LogP contribution in [-0.2, 0) is 35.5 Å². The van der Waals surface area contributed by atoms with Crippen LogP contribution < -0.4 is 5.14 Å². The lowest BCUT2D eigenvalue weighted by atomic mass is 9.95. The highest BCUT2D eigenvalue weighted by Gasteiger charge is 2.52. The fourth-order valence-electron chi connectivity index (χ4n) is 3.87. The molecule has 0 saturated heterocycles. The molecule has 0 aliphatic heterocycles. The zero-order valence-electron chi connectivity index (χ0n) is 14.6. The van der Waals surface area contributed by atoms with Crippen LogP contribution in [0, 0.1) is 0 Å². The van der Waals surface area contributed by atoms with Crippen LogP contribution in [0.15, 0.2) is 24.3 Å². The lowest BCUT2D eigenvalue weighted by Crippen LogP contribution is -2.32. The van der Waals surface area contributed by atoms with Gasteiger partial charge in [-0.2, -0.15) is 18.3 Å². The average Bonchev–Trinajstić information content (AvgIpc) is 3.27. The van der Waals surface area contributed by atoms with Gasteiger partial charge in [-0.15, -0.1) is 0 Å². The Morgan fingerprint density at radius 3 is 2.30 bits per heavy atom. The number of sulfonamides is 1. The number of alkyl halides is 3. The van der Waals surface area contributed by atoms with Crippen LogP contribution in [0.1, 0.15) is 48.2 Å². The normalized spacial score (nSPS) is 19.0. The van der Waals surface area contributed by atoms with E-state index in [1.807, 2.05) is 0 Å². The van der Waals surface area contributed by atoms with Crippen LogP contribution in [0.25, 0.3) is 5.69 Å². The van der Waals surface area contributed by atoms with Crippen LogP contribution in [-0.4, -0.2) is 22.9 Å². The Bertz CT molecular complexity index is 975. The summed E-state index contributed by atoms with van der Waals surface area (Å²) in [6.07, 6.45) is -0.558. The summed E-state index contributed by atoms with van der Waals surface area (Å²) >= 11 is 0. The van der Waals surface area contributed by atoms with Crippen molar-refractivity contribution in [2.24, 2.45) is 5.14 Å². The summed E-state index contributed by atoms with van der Waals surface area (Å²) in [6, 6.07) is 6.86. The molecule has 2 N–H and O–H groups in total. The highest BCUT2D eigenvalue weighted by Crippen LogP contribution is 2.45. The molecule has 1 saturated carbocycles. The van der Waals surface area contributed by atoms with Crippen molar-refractivity contribution in [2.75, 3.05) is 0 Å². The predicted molar refractivity (Wildman–Crippen MR) is 94.0 cm³/mol. The van der Waals surface area contributed by atoms with Gasteiger partial charge in [-0.3, -0.25) is 0 Å². The van der Waals surface area contributed by atoms with Gasteiger partial charge in [-0.05, 0) is 62.6 Å². The fraction of sp³-hybridized carbons (Fsp3) is 0.500. The highest BCUT2D eigenvalue weighted by molar-refractivity contribution is 7.90. The van der Waals surface area contributed by atoms with E-state index in [2.05, 4.69) is 5.10 Å². The summed E-state index contributed by atoms with van der Waals surface area (Å²) in [4.78, 5) is 0. The summed E-state index contributed by atoms with van der Waals surface area (Å²) in [5, 5.41) is 9.18. The quantitative estimate of drug-likeness (QED) is 0.858. The van der Waals surface area contributed by atoms with Gasteiger partial charge in [0.25, 0.3) is 0 Å². The minimum Gasteiger partial charge on any atom is -0.237 e. The van der Waals surface area contributed by atoms with Crippen LogP contribution in [0.3, 0.4) is 0 Å². The van der Waals surface area contributed by atoms with E-state index in [1.165, 1.54) is 4.68 Å². The van der Waals surface area contributed by atoms with Crippen molar-refractivity contribution in [1.29, 1.82) is 0 Å². The molecule has 1 aromatic carbocycles. The van der Waals surface area contributed by atoms with Gasteiger partial charge in [0.2, 0.25) is 10.0 Å². The molecule has 5 nitrogen and oxygen atoms in total. The molecule has 27 heavy (non-hydrogen) atoms. The topological polar surface area (TPSA) is 78.0 Å². The van der Waals surface area contributed by atoms with Gasteiger partial charge in [-0.1, -0.05) is 12.1 Å². The number of rotatable bonds is 4. The maximum Gasteiger partial charge on any atom is 0.435 e. The number of nitrogens with two attached hydrogens (primary N) is 1. The molecule has 146 valence electrons. The third-order valence-electron chi connectivity index (χ3n) is 5.57. The van der Waals surface area contributed by atoms with Gasteiger partial charge < -0.3 is 0 Å². The Kier molecular flexibility index (Phi) is 4.15.